The molecule has 0 bridgehead atoms. The van der Waals surface area contributed by atoms with Crippen LogP contribution in [0.2, 0.25) is 0 Å². The molecular weight excluding hydrogens is 262 g/mol. The number of rotatable bonds is 2. The Bertz CT molecular complexity index is 448. The average Bonchev–Trinajstić information content (AvgIpc) is 2.38. The predicted octanol–water partition coefficient (Wildman–Crippen LogP) is 1.85. The molecule has 0 aliphatic carbocycles. The van der Waals surface area contributed by atoms with Crippen molar-refractivity contribution in [2.75, 3.05) is 37.0 Å². The highest BCUT2D eigenvalue weighted by Crippen LogP contribution is 2.21. The number of carbonyl (C=O) groups excluding carboxylic acids is 1. The molecule has 0 N–H and O–H groups in total. The molecule has 0 atom stereocenters. The third-order valence-corrected chi connectivity index (χ3v) is 3.23. The number of halogens is 3. The molecule has 1 aliphatic heterocycles. The Morgan fingerprint density at radius 1 is 1.22 bits per heavy atom. The molecule has 98 valence electrons. The normalized spacial score (nSPS) is 15.9. The first-order valence-electron chi connectivity index (χ1n) is 5.65. The minimum absolute atomic E-state index is 0.0368. The fraction of sp³-hybridized carbons (Fsp3) is 0.417. The van der Waals surface area contributed by atoms with E-state index in [-0.39, 0.29) is 11.8 Å². The quantitative estimate of drug-likeness (QED) is 0.769. The Kier molecular flexibility index (Phi) is 4.01. The van der Waals surface area contributed by atoms with Gasteiger partial charge in [0.1, 0.15) is 17.5 Å². The van der Waals surface area contributed by atoms with Crippen LogP contribution < -0.4 is 4.90 Å². The van der Waals surface area contributed by atoms with Gasteiger partial charge in [-0.25, -0.2) is 8.78 Å². The Labute approximate surface area is 109 Å². The van der Waals surface area contributed by atoms with Crippen molar-refractivity contribution in [1.82, 2.24) is 4.90 Å². The van der Waals surface area contributed by atoms with Gasteiger partial charge in [0.15, 0.2) is 0 Å². The van der Waals surface area contributed by atoms with Gasteiger partial charge in [0, 0.05) is 32.2 Å². The Hall–Kier alpha value is -1.36. The van der Waals surface area contributed by atoms with Crippen LogP contribution in [-0.2, 0) is 4.79 Å². The van der Waals surface area contributed by atoms with Crippen molar-refractivity contribution in [2.45, 2.75) is 0 Å². The fourth-order valence-corrected chi connectivity index (χ4v) is 2.19. The van der Waals surface area contributed by atoms with Crippen LogP contribution in [0.25, 0.3) is 0 Å². The van der Waals surface area contributed by atoms with Crippen molar-refractivity contribution in [3.8, 4) is 0 Å². The minimum Gasteiger partial charge on any atom is -0.366 e. The van der Waals surface area contributed by atoms with E-state index < -0.39 is 11.6 Å². The lowest BCUT2D eigenvalue weighted by atomic mass is 10.2. The zero-order chi connectivity index (χ0) is 13.1. The second-order valence-electron chi connectivity index (χ2n) is 4.10. The van der Waals surface area contributed by atoms with Crippen LogP contribution >= 0.6 is 11.6 Å². The molecule has 0 aromatic heterocycles. The molecule has 1 amide bonds. The third kappa shape index (κ3) is 2.72. The first-order valence-corrected chi connectivity index (χ1v) is 6.19. The lowest BCUT2D eigenvalue weighted by molar-refractivity contribution is -0.128. The zero-order valence-corrected chi connectivity index (χ0v) is 10.5. The molecule has 18 heavy (non-hydrogen) atoms. The number of hydrogen-bond acceptors (Lipinski definition) is 2. The van der Waals surface area contributed by atoms with E-state index in [1.807, 2.05) is 0 Å². The highest BCUT2D eigenvalue weighted by atomic mass is 35.5. The highest BCUT2D eigenvalue weighted by molar-refractivity contribution is 6.27. The SMILES string of the molecule is O=C(CCl)N1CCN(c2ccc(F)cc2F)CC1. The fourth-order valence-electron chi connectivity index (χ4n) is 2.02. The van der Waals surface area contributed by atoms with Crippen LogP contribution in [0, 0.1) is 11.6 Å². The molecule has 6 heteroatoms. The number of amides is 1. The average molecular weight is 275 g/mol. The van der Waals surface area contributed by atoms with Gasteiger partial charge in [-0.2, -0.15) is 0 Å². The molecule has 0 saturated carbocycles. The van der Waals surface area contributed by atoms with Crippen molar-refractivity contribution in [2.24, 2.45) is 0 Å². The van der Waals surface area contributed by atoms with E-state index in [1.165, 1.54) is 12.1 Å². The van der Waals surface area contributed by atoms with E-state index in [4.69, 9.17) is 11.6 Å². The monoisotopic (exact) mass is 274 g/mol. The molecule has 1 saturated heterocycles. The number of benzene rings is 1. The van der Waals surface area contributed by atoms with Crippen molar-refractivity contribution in [1.29, 1.82) is 0 Å². The topological polar surface area (TPSA) is 23.6 Å². The summed E-state index contributed by atoms with van der Waals surface area (Å²) in [6.45, 7) is 2.04. The van der Waals surface area contributed by atoms with Gasteiger partial charge in [0.25, 0.3) is 0 Å². The van der Waals surface area contributed by atoms with Crippen LogP contribution in [0.4, 0.5) is 14.5 Å². The summed E-state index contributed by atoms with van der Waals surface area (Å²) in [4.78, 5) is 14.8. The molecule has 1 heterocycles. The minimum atomic E-state index is -0.591. The van der Waals surface area contributed by atoms with E-state index in [0.29, 0.717) is 31.9 Å². The number of anilines is 1. The molecule has 1 aliphatic rings. The summed E-state index contributed by atoms with van der Waals surface area (Å²) in [6, 6.07) is 3.52. The lowest BCUT2D eigenvalue weighted by Crippen LogP contribution is -2.49. The van der Waals surface area contributed by atoms with Crippen LogP contribution in [0.15, 0.2) is 18.2 Å². The van der Waals surface area contributed by atoms with Crippen molar-refractivity contribution >= 4 is 23.2 Å². The van der Waals surface area contributed by atoms with Gasteiger partial charge in [-0.05, 0) is 12.1 Å². The largest absolute Gasteiger partial charge is 0.366 e. The van der Waals surface area contributed by atoms with Crippen LogP contribution in [0.3, 0.4) is 0 Å². The van der Waals surface area contributed by atoms with Gasteiger partial charge >= 0.3 is 0 Å². The van der Waals surface area contributed by atoms with Gasteiger partial charge in [0.2, 0.25) is 5.91 Å². The summed E-state index contributed by atoms with van der Waals surface area (Å²) < 4.78 is 26.4. The first kappa shape index (κ1) is 13.1. The Morgan fingerprint density at radius 2 is 1.89 bits per heavy atom. The summed E-state index contributed by atoms with van der Waals surface area (Å²) in [5.74, 6) is -1.32. The molecule has 3 nitrogen and oxygen atoms in total. The van der Waals surface area contributed by atoms with Gasteiger partial charge in [-0.15, -0.1) is 11.6 Å². The second-order valence-corrected chi connectivity index (χ2v) is 4.36. The van der Waals surface area contributed by atoms with Gasteiger partial charge < -0.3 is 9.80 Å². The maximum Gasteiger partial charge on any atom is 0.237 e. The van der Waals surface area contributed by atoms with Gasteiger partial charge in [-0.1, -0.05) is 0 Å². The first-order chi connectivity index (χ1) is 8.61. The molecule has 0 unspecified atom stereocenters. The molecule has 2 rings (SSSR count). The number of nitrogens with zero attached hydrogens (tertiary/aromatic N) is 2. The summed E-state index contributed by atoms with van der Waals surface area (Å²) >= 11 is 5.47. The number of alkyl halides is 1. The van der Waals surface area contributed by atoms with Gasteiger partial charge in [0.05, 0.1) is 5.69 Å². The molecular formula is C12H13ClF2N2O. The summed E-state index contributed by atoms with van der Waals surface area (Å²) in [6.07, 6.45) is 0. The van der Waals surface area contributed by atoms with Crippen molar-refractivity contribution in [3.05, 3.63) is 29.8 Å². The standard InChI is InChI=1S/C12H13ClF2N2O/c13-8-12(18)17-5-3-16(4-6-17)11-2-1-9(14)7-10(11)15/h1-2,7H,3-6,8H2. The summed E-state index contributed by atoms with van der Waals surface area (Å²) in [5.41, 5.74) is 0.370. The molecule has 1 aromatic rings. The highest BCUT2D eigenvalue weighted by Gasteiger charge is 2.22. The zero-order valence-electron chi connectivity index (χ0n) is 9.70. The number of carbonyl (C=O) groups is 1. The molecule has 1 aromatic carbocycles. The smallest absolute Gasteiger partial charge is 0.237 e. The van der Waals surface area contributed by atoms with Crippen LogP contribution in [0.5, 0.6) is 0 Å². The third-order valence-electron chi connectivity index (χ3n) is 3.00. The number of piperazine rings is 1. The van der Waals surface area contributed by atoms with Crippen molar-refractivity contribution < 1.29 is 13.6 Å². The maximum atomic E-state index is 13.6. The second kappa shape index (κ2) is 5.52. The van der Waals surface area contributed by atoms with Crippen molar-refractivity contribution in [3.63, 3.8) is 0 Å². The maximum absolute atomic E-state index is 13.6. The van der Waals surface area contributed by atoms with Crippen LogP contribution in [0.1, 0.15) is 0 Å². The number of hydrogen-bond donors (Lipinski definition) is 0. The van der Waals surface area contributed by atoms with E-state index in [1.54, 1.807) is 9.80 Å². The van der Waals surface area contributed by atoms with Crippen LogP contribution in [-0.4, -0.2) is 42.9 Å². The van der Waals surface area contributed by atoms with E-state index in [0.717, 1.165) is 6.07 Å². The van der Waals surface area contributed by atoms with E-state index in [9.17, 15) is 13.6 Å². The van der Waals surface area contributed by atoms with Gasteiger partial charge in [-0.3, -0.25) is 4.79 Å². The van der Waals surface area contributed by atoms with E-state index >= 15 is 0 Å². The summed E-state index contributed by atoms with van der Waals surface area (Å²) in [7, 11) is 0. The lowest BCUT2D eigenvalue weighted by Gasteiger charge is -2.36. The molecule has 0 spiro atoms. The molecule has 0 radical (unpaired) electrons. The predicted molar refractivity (Wildman–Crippen MR) is 65.9 cm³/mol. The Morgan fingerprint density at radius 3 is 2.44 bits per heavy atom. The summed E-state index contributed by atoms with van der Waals surface area (Å²) in [5, 5.41) is 0. The Balaban J connectivity index is 2.03. The van der Waals surface area contributed by atoms with E-state index in [2.05, 4.69) is 0 Å². The molecule has 1 fully saturated rings.